The van der Waals surface area contributed by atoms with Crippen LogP contribution >= 0.6 is 0 Å². The van der Waals surface area contributed by atoms with Gasteiger partial charge in [-0.05, 0) is 34.5 Å². The van der Waals surface area contributed by atoms with E-state index < -0.39 is 4.92 Å². The Bertz CT molecular complexity index is 632. The quantitative estimate of drug-likeness (QED) is 0.612. The molecule has 2 aromatic carbocycles. The second kappa shape index (κ2) is 4.87. The van der Waals surface area contributed by atoms with Gasteiger partial charge in [-0.3, -0.25) is 10.1 Å². The molecule has 0 atom stereocenters. The minimum Gasteiger partial charge on any atom is -0.497 e. The zero-order valence-corrected chi connectivity index (χ0v) is 10.2. The summed E-state index contributed by atoms with van der Waals surface area (Å²) < 4.78 is 5.15. The number of nitro groups is 1. The summed E-state index contributed by atoms with van der Waals surface area (Å²) in [4.78, 5) is 10.2. The third kappa shape index (κ3) is 2.48. The summed E-state index contributed by atoms with van der Waals surface area (Å²) in [5.41, 5.74) is 0.949. The van der Waals surface area contributed by atoms with Crippen molar-refractivity contribution >= 4 is 16.8 Å². The van der Waals surface area contributed by atoms with Gasteiger partial charge in [-0.25, -0.2) is 0 Å². The molecule has 0 fully saturated rings. The Labute approximate surface area is 105 Å². The average Bonchev–Trinajstić information content (AvgIpc) is 2.37. The zero-order valence-electron chi connectivity index (χ0n) is 10.2. The van der Waals surface area contributed by atoms with Gasteiger partial charge in [0.15, 0.2) is 0 Å². The average molecular weight is 243 g/mol. The Morgan fingerprint density at radius 2 is 1.89 bits per heavy atom. The first-order chi connectivity index (χ1) is 8.60. The first-order valence-electron chi connectivity index (χ1n) is 5.50. The van der Waals surface area contributed by atoms with Crippen molar-refractivity contribution in [3.8, 4) is 5.75 Å². The normalized spacial score (nSPS) is 11.6. The molecule has 2 aromatic rings. The number of hydrogen-bond acceptors (Lipinski definition) is 3. The van der Waals surface area contributed by atoms with Crippen molar-refractivity contribution in [3.05, 3.63) is 57.8 Å². The molecule has 92 valence electrons. The molecule has 0 saturated heterocycles. The molecule has 0 radical (unpaired) electrons. The number of allylic oxidation sites excluding steroid dienone is 1. The molecule has 0 aliphatic heterocycles. The van der Waals surface area contributed by atoms with Crippen molar-refractivity contribution in [2.75, 3.05) is 7.11 Å². The molecule has 0 spiro atoms. The highest BCUT2D eigenvalue weighted by atomic mass is 16.6. The second-order valence-electron chi connectivity index (χ2n) is 4.02. The van der Waals surface area contributed by atoms with E-state index in [1.807, 2.05) is 36.4 Å². The first-order valence-corrected chi connectivity index (χ1v) is 5.50. The van der Waals surface area contributed by atoms with E-state index in [1.54, 1.807) is 13.2 Å². The summed E-state index contributed by atoms with van der Waals surface area (Å²) >= 11 is 0. The molecular formula is C14H13NO3. The lowest BCUT2D eigenvalue weighted by Gasteiger charge is -2.03. The van der Waals surface area contributed by atoms with Crippen LogP contribution < -0.4 is 4.74 Å². The molecule has 0 aliphatic carbocycles. The highest BCUT2D eigenvalue weighted by Crippen LogP contribution is 2.22. The van der Waals surface area contributed by atoms with E-state index in [4.69, 9.17) is 4.74 Å². The smallest absolute Gasteiger partial charge is 0.243 e. The van der Waals surface area contributed by atoms with Crippen molar-refractivity contribution in [3.63, 3.8) is 0 Å². The van der Waals surface area contributed by atoms with E-state index in [-0.39, 0.29) is 5.70 Å². The lowest BCUT2D eigenvalue weighted by molar-refractivity contribution is -0.422. The Hall–Kier alpha value is -2.36. The Kier molecular flexibility index (Phi) is 3.28. The van der Waals surface area contributed by atoms with Crippen LogP contribution in [0.1, 0.15) is 12.5 Å². The zero-order chi connectivity index (χ0) is 13.1. The van der Waals surface area contributed by atoms with Crippen LogP contribution in [0.4, 0.5) is 0 Å². The number of methoxy groups -OCH3 is 1. The van der Waals surface area contributed by atoms with Gasteiger partial charge in [0.1, 0.15) is 5.75 Å². The molecule has 0 heterocycles. The van der Waals surface area contributed by atoms with Crippen LogP contribution in [-0.2, 0) is 0 Å². The number of hydrogen-bond donors (Lipinski definition) is 0. The van der Waals surface area contributed by atoms with Crippen LogP contribution in [0.3, 0.4) is 0 Å². The van der Waals surface area contributed by atoms with Crippen molar-refractivity contribution < 1.29 is 9.66 Å². The standard InChI is InChI=1S/C14H13NO3/c1-10(15(16)17)7-11-3-4-13-9-14(18-2)6-5-12(13)8-11/h3-9H,1-2H3. The van der Waals surface area contributed by atoms with Crippen LogP contribution in [-0.4, -0.2) is 12.0 Å². The van der Waals surface area contributed by atoms with E-state index in [2.05, 4.69) is 0 Å². The fourth-order valence-electron chi connectivity index (χ4n) is 1.75. The van der Waals surface area contributed by atoms with Crippen molar-refractivity contribution in [1.82, 2.24) is 0 Å². The van der Waals surface area contributed by atoms with E-state index in [0.29, 0.717) is 0 Å². The molecule has 0 aromatic heterocycles. The molecule has 0 unspecified atom stereocenters. The number of fused-ring (bicyclic) bond motifs is 1. The maximum absolute atomic E-state index is 10.6. The molecule has 0 N–H and O–H groups in total. The molecule has 0 aliphatic rings. The molecule has 4 heteroatoms. The number of benzene rings is 2. The number of ether oxygens (including phenoxy) is 1. The van der Waals surface area contributed by atoms with Gasteiger partial charge in [-0.1, -0.05) is 18.2 Å². The minimum absolute atomic E-state index is 0.128. The lowest BCUT2D eigenvalue weighted by atomic mass is 10.1. The van der Waals surface area contributed by atoms with Crippen LogP contribution in [0, 0.1) is 10.1 Å². The van der Waals surface area contributed by atoms with Gasteiger partial charge in [0, 0.05) is 13.0 Å². The summed E-state index contributed by atoms with van der Waals surface area (Å²) in [5.74, 6) is 0.798. The molecule has 0 amide bonds. The largest absolute Gasteiger partial charge is 0.497 e. The molecule has 0 saturated carbocycles. The van der Waals surface area contributed by atoms with Crippen LogP contribution in [0.15, 0.2) is 42.1 Å². The summed E-state index contributed by atoms with van der Waals surface area (Å²) in [5, 5.41) is 12.6. The third-order valence-corrected chi connectivity index (χ3v) is 2.74. The summed E-state index contributed by atoms with van der Waals surface area (Å²) in [6.45, 7) is 1.48. The highest BCUT2D eigenvalue weighted by Gasteiger charge is 2.03. The van der Waals surface area contributed by atoms with E-state index in [9.17, 15) is 10.1 Å². The van der Waals surface area contributed by atoms with Gasteiger partial charge in [0.2, 0.25) is 5.70 Å². The van der Waals surface area contributed by atoms with E-state index in [0.717, 1.165) is 22.1 Å². The SMILES string of the molecule is COc1ccc2cc(C=C(C)[N+](=O)[O-])ccc2c1. The predicted octanol–water partition coefficient (Wildman–Crippen LogP) is 3.49. The van der Waals surface area contributed by atoms with Crippen LogP contribution in [0.25, 0.3) is 16.8 Å². The fourth-order valence-corrected chi connectivity index (χ4v) is 1.75. The van der Waals surface area contributed by atoms with E-state index in [1.165, 1.54) is 6.92 Å². The summed E-state index contributed by atoms with van der Waals surface area (Å²) in [6, 6.07) is 11.4. The Morgan fingerprint density at radius 1 is 1.22 bits per heavy atom. The van der Waals surface area contributed by atoms with Gasteiger partial charge in [-0.2, -0.15) is 0 Å². The number of nitrogens with zero attached hydrogens (tertiary/aromatic N) is 1. The topological polar surface area (TPSA) is 52.4 Å². The van der Waals surface area contributed by atoms with Crippen molar-refractivity contribution in [2.45, 2.75) is 6.92 Å². The molecule has 18 heavy (non-hydrogen) atoms. The maximum atomic E-state index is 10.6. The monoisotopic (exact) mass is 243 g/mol. The van der Waals surface area contributed by atoms with Gasteiger partial charge in [0.25, 0.3) is 0 Å². The highest BCUT2D eigenvalue weighted by molar-refractivity contribution is 5.86. The Morgan fingerprint density at radius 3 is 2.56 bits per heavy atom. The summed E-state index contributed by atoms with van der Waals surface area (Å²) in [7, 11) is 1.62. The molecular weight excluding hydrogens is 230 g/mol. The molecule has 4 nitrogen and oxygen atoms in total. The predicted molar refractivity (Wildman–Crippen MR) is 71.1 cm³/mol. The van der Waals surface area contributed by atoms with Gasteiger partial charge < -0.3 is 4.74 Å². The third-order valence-electron chi connectivity index (χ3n) is 2.74. The lowest BCUT2D eigenvalue weighted by Crippen LogP contribution is -1.92. The first kappa shape index (κ1) is 12.1. The Balaban J connectivity index is 2.45. The molecule has 0 bridgehead atoms. The molecule has 2 rings (SSSR count). The summed E-state index contributed by atoms with van der Waals surface area (Å²) in [6.07, 6.45) is 1.56. The van der Waals surface area contributed by atoms with Crippen LogP contribution in [0.2, 0.25) is 0 Å². The van der Waals surface area contributed by atoms with Crippen molar-refractivity contribution in [2.24, 2.45) is 0 Å². The van der Waals surface area contributed by atoms with E-state index >= 15 is 0 Å². The van der Waals surface area contributed by atoms with Gasteiger partial charge in [0.05, 0.1) is 12.0 Å². The van der Waals surface area contributed by atoms with Gasteiger partial charge in [-0.15, -0.1) is 0 Å². The minimum atomic E-state index is -0.391. The fraction of sp³-hybridized carbons (Fsp3) is 0.143. The van der Waals surface area contributed by atoms with Crippen LogP contribution in [0.5, 0.6) is 5.75 Å². The van der Waals surface area contributed by atoms with Gasteiger partial charge >= 0.3 is 0 Å². The second-order valence-corrected chi connectivity index (χ2v) is 4.02. The van der Waals surface area contributed by atoms with Crippen molar-refractivity contribution in [1.29, 1.82) is 0 Å². The number of rotatable bonds is 3. The maximum Gasteiger partial charge on any atom is 0.243 e.